The van der Waals surface area contributed by atoms with Crippen molar-refractivity contribution in [2.24, 2.45) is 4.99 Å². The topological polar surface area (TPSA) is 83.4 Å². The van der Waals surface area contributed by atoms with Gasteiger partial charge in [0, 0.05) is 40.8 Å². The fourth-order valence-corrected chi connectivity index (χ4v) is 6.14. The molecule has 192 valence electrons. The van der Waals surface area contributed by atoms with Crippen molar-refractivity contribution in [2.45, 2.75) is 33.4 Å². The minimum atomic E-state index is -0.626. The van der Waals surface area contributed by atoms with Gasteiger partial charge in [-0.25, -0.2) is 4.99 Å². The smallest absolute Gasteiger partial charge is 0.271 e. The largest absolute Gasteiger partial charge is 0.339 e. The Bertz CT molecular complexity index is 1800. The van der Waals surface area contributed by atoms with Crippen LogP contribution < -0.4 is 14.9 Å². The molecule has 0 spiro atoms. The van der Waals surface area contributed by atoms with Crippen LogP contribution in [0.2, 0.25) is 5.02 Å². The first-order chi connectivity index (χ1) is 18.4. The van der Waals surface area contributed by atoms with E-state index in [-0.39, 0.29) is 18.0 Å². The number of nitrogens with zero attached hydrogens (tertiary/aromatic N) is 5. The van der Waals surface area contributed by atoms with Gasteiger partial charge < -0.3 is 9.47 Å². The summed E-state index contributed by atoms with van der Waals surface area (Å²) in [6, 6.07) is 16.6. The minimum absolute atomic E-state index is 0.134. The molecule has 0 radical (unpaired) electrons. The number of benzene rings is 2. The van der Waals surface area contributed by atoms with Gasteiger partial charge in [0.05, 0.1) is 27.9 Å². The zero-order chi connectivity index (χ0) is 27.0. The number of nitriles is 1. The van der Waals surface area contributed by atoms with E-state index in [1.165, 1.54) is 11.3 Å². The van der Waals surface area contributed by atoms with Gasteiger partial charge in [0.25, 0.3) is 11.5 Å². The number of thiazole rings is 1. The lowest BCUT2D eigenvalue weighted by Gasteiger charge is -2.29. The number of carbonyl (C=O) groups excluding carboxylic acids is 1. The van der Waals surface area contributed by atoms with Crippen LogP contribution in [0.5, 0.6) is 0 Å². The Morgan fingerprint density at radius 3 is 2.58 bits per heavy atom. The van der Waals surface area contributed by atoms with Gasteiger partial charge >= 0.3 is 0 Å². The number of rotatable bonds is 6. The zero-order valence-electron chi connectivity index (χ0n) is 21.3. The second-order valence-electron chi connectivity index (χ2n) is 9.00. The van der Waals surface area contributed by atoms with Crippen molar-refractivity contribution in [3.63, 3.8) is 0 Å². The van der Waals surface area contributed by atoms with Gasteiger partial charge in [0.15, 0.2) is 4.80 Å². The third kappa shape index (κ3) is 4.38. The maximum absolute atomic E-state index is 14.0. The van der Waals surface area contributed by atoms with E-state index in [0.717, 1.165) is 22.0 Å². The Morgan fingerprint density at radius 2 is 1.89 bits per heavy atom. The Labute approximate surface area is 228 Å². The van der Waals surface area contributed by atoms with Gasteiger partial charge in [0.1, 0.15) is 6.54 Å². The third-order valence-electron chi connectivity index (χ3n) is 6.84. The summed E-state index contributed by atoms with van der Waals surface area (Å²) in [7, 11) is 0. The number of hydrogen-bond donors (Lipinski definition) is 0. The van der Waals surface area contributed by atoms with E-state index in [0.29, 0.717) is 38.7 Å². The van der Waals surface area contributed by atoms with Crippen LogP contribution in [-0.4, -0.2) is 33.0 Å². The summed E-state index contributed by atoms with van der Waals surface area (Å²) in [5, 5.41) is 10.8. The number of allylic oxidation sites excluding steroid dienone is 1. The SMILES string of the molecule is CCN(CC)C(=O)C1=C(C)N=c2s/c(=C/c3cn(CC#N)c4ccccc34)c(=O)n2[C@@H]1c1ccc(Cl)cc1. The van der Waals surface area contributed by atoms with E-state index in [4.69, 9.17) is 16.6 Å². The summed E-state index contributed by atoms with van der Waals surface area (Å²) in [5.74, 6) is -0.134. The molecule has 5 rings (SSSR count). The fraction of sp³-hybridized carbons (Fsp3) is 0.241. The van der Waals surface area contributed by atoms with Gasteiger partial charge in [-0.1, -0.05) is 53.3 Å². The van der Waals surface area contributed by atoms with Gasteiger partial charge in [-0.05, 0) is 50.6 Å². The minimum Gasteiger partial charge on any atom is -0.339 e. The summed E-state index contributed by atoms with van der Waals surface area (Å²) >= 11 is 7.47. The number of fused-ring (bicyclic) bond motifs is 2. The van der Waals surface area contributed by atoms with Crippen molar-refractivity contribution in [3.8, 4) is 6.07 Å². The molecule has 38 heavy (non-hydrogen) atoms. The second kappa shape index (κ2) is 10.4. The first-order valence-corrected chi connectivity index (χ1v) is 13.6. The summed E-state index contributed by atoms with van der Waals surface area (Å²) in [6.07, 6.45) is 3.74. The summed E-state index contributed by atoms with van der Waals surface area (Å²) in [6.45, 7) is 7.01. The number of aromatic nitrogens is 2. The summed E-state index contributed by atoms with van der Waals surface area (Å²) < 4.78 is 4.00. The van der Waals surface area contributed by atoms with Gasteiger partial charge in [-0.15, -0.1) is 0 Å². The van der Waals surface area contributed by atoms with Crippen LogP contribution in [0.3, 0.4) is 0 Å². The number of halogens is 1. The Kier molecular flexibility index (Phi) is 7.06. The molecule has 0 fully saturated rings. The van der Waals surface area contributed by atoms with Crippen LogP contribution in [0.1, 0.15) is 37.9 Å². The van der Waals surface area contributed by atoms with E-state index in [1.54, 1.807) is 21.6 Å². The van der Waals surface area contributed by atoms with Crippen molar-refractivity contribution in [1.29, 1.82) is 5.26 Å². The molecular formula is C29H26ClN5O2S. The van der Waals surface area contributed by atoms with Crippen molar-refractivity contribution in [1.82, 2.24) is 14.0 Å². The van der Waals surface area contributed by atoms with Crippen LogP contribution in [0.15, 0.2) is 75.8 Å². The van der Waals surface area contributed by atoms with Crippen LogP contribution in [0, 0.1) is 11.3 Å². The Balaban J connectivity index is 1.74. The molecule has 0 bridgehead atoms. The lowest BCUT2D eigenvalue weighted by Crippen LogP contribution is -2.43. The quantitative estimate of drug-likeness (QED) is 0.365. The molecule has 3 heterocycles. The monoisotopic (exact) mass is 543 g/mol. The predicted molar refractivity (Wildman–Crippen MR) is 151 cm³/mol. The molecule has 1 aliphatic heterocycles. The normalized spacial score (nSPS) is 15.3. The van der Waals surface area contributed by atoms with Crippen LogP contribution in [-0.2, 0) is 11.3 Å². The highest BCUT2D eigenvalue weighted by Gasteiger charge is 2.34. The van der Waals surface area contributed by atoms with Crippen molar-refractivity contribution < 1.29 is 4.79 Å². The Morgan fingerprint density at radius 1 is 1.18 bits per heavy atom. The van der Waals surface area contributed by atoms with Gasteiger partial charge in [-0.3, -0.25) is 14.2 Å². The molecule has 2 aromatic carbocycles. The standard InChI is InChI=1S/C29H26ClN5O2S/c1-4-33(5-2)28(37)25-18(3)32-29-35(26(25)19-10-12-21(30)13-11-19)27(36)24(38-29)16-20-17-34(15-14-31)23-9-7-6-8-22(20)23/h6-13,16-17,26H,4-5,15H2,1-3H3/b24-16+/t26-/m1/s1. The lowest BCUT2D eigenvalue weighted by molar-refractivity contribution is -0.127. The van der Waals surface area contributed by atoms with E-state index >= 15 is 0 Å². The van der Waals surface area contributed by atoms with E-state index < -0.39 is 6.04 Å². The first kappa shape index (κ1) is 25.7. The van der Waals surface area contributed by atoms with Crippen molar-refractivity contribution in [3.05, 3.63) is 102 Å². The lowest BCUT2D eigenvalue weighted by atomic mass is 9.94. The first-order valence-electron chi connectivity index (χ1n) is 12.4. The molecule has 0 unspecified atom stereocenters. The average molecular weight is 544 g/mol. The highest BCUT2D eigenvalue weighted by atomic mass is 35.5. The Hall–Kier alpha value is -3.93. The van der Waals surface area contributed by atoms with E-state index in [2.05, 4.69) is 6.07 Å². The average Bonchev–Trinajstić information content (AvgIpc) is 3.41. The van der Waals surface area contributed by atoms with E-state index in [9.17, 15) is 14.9 Å². The number of para-hydroxylation sites is 1. The molecule has 1 amide bonds. The fourth-order valence-electron chi connectivity index (χ4n) is 4.98. The van der Waals surface area contributed by atoms with Gasteiger partial charge in [-0.2, -0.15) is 5.26 Å². The van der Waals surface area contributed by atoms with Crippen molar-refractivity contribution in [2.75, 3.05) is 13.1 Å². The molecule has 0 saturated heterocycles. The predicted octanol–water partition coefficient (Wildman–Crippen LogP) is 4.24. The number of amides is 1. The highest BCUT2D eigenvalue weighted by molar-refractivity contribution is 7.07. The van der Waals surface area contributed by atoms with Crippen LogP contribution >= 0.6 is 22.9 Å². The molecule has 0 saturated carbocycles. The zero-order valence-corrected chi connectivity index (χ0v) is 22.9. The highest BCUT2D eigenvalue weighted by Crippen LogP contribution is 2.32. The molecule has 4 aromatic rings. The number of likely N-dealkylation sites (N-methyl/N-ethyl adjacent to an activating group) is 1. The molecular weight excluding hydrogens is 518 g/mol. The van der Waals surface area contributed by atoms with Gasteiger partial charge in [0.2, 0.25) is 0 Å². The van der Waals surface area contributed by atoms with Crippen LogP contribution in [0.25, 0.3) is 17.0 Å². The molecule has 1 atom stereocenters. The summed E-state index contributed by atoms with van der Waals surface area (Å²) in [5.41, 5.74) is 3.43. The molecule has 2 aromatic heterocycles. The maximum Gasteiger partial charge on any atom is 0.271 e. The molecule has 0 N–H and O–H groups in total. The summed E-state index contributed by atoms with van der Waals surface area (Å²) in [4.78, 5) is 34.7. The number of carbonyl (C=O) groups is 1. The molecule has 7 nitrogen and oxygen atoms in total. The second-order valence-corrected chi connectivity index (χ2v) is 10.4. The van der Waals surface area contributed by atoms with E-state index in [1.807, 2.05) is 74.0 Å². The van der Waals surface area contributed by atoms with Crippen molar-refractivity contribution >= 4 is 45.8 Å². The molecule has 9 heteroatoms. The third-order valence-corrected chi connectivity index (χ3v) is 8.07. The number of hydrogen-bond acceptors (Lipinski definition) is 5. The molecule has 0 aliphatic carbocycles. The molecule has 1 aliphatic rings. The maximum atomic E-state index is 14.0. The van der Waals surface area contributed by atoms with Crippen LogP contribution in [0.4, 0.5) is 0 Å².